The van der Waals surface area contributed by atoms with Crippen molar-refractivity contribution in [2.75, 3.05) is 12.4 Å². The Morgan fingerprint density at radius 1 is 2.00 bits per heavy atom. The molecule has 0 aliphatic carbocycles. The van der Waals surface area contributed by atoms with Gasteiger partial charge in [-0.15, -0.1) is 0 Å². The Hall–Kier alpha value is 0.310. The van der Waals surface area contributed by atoms with Gasteiger partial charge in [-0.25, -0.2) is 0 Å². The summed E-state index contributed by atoms with van der Waals surface area (Å²) in [5.74, 6) is 1.00. The first-order valence-corrected chi connectivity index (χ1v) is 2.40. The van der Waals surface area contributed by atoms with Gasteiger partial charge in [0.05, 0.1) is 6.61 Å². The monoisotopic (exact) mass is 91.0 g/mol. The van der Waals surface area contributed by atoms with Crippen LogP contribution in [0.4, 0.5) is 0 Å². The van der Waals surface area contributed by atoms with Gasteiger partial charge in [0.1, 0.15) is 11.9 Å². The molecule has 1 rings (SSSR count). The summed E-state index contributed by atoms with van der Waals surface area (Å²) in [4.78, 5) is 0. The van der Waals surface area contributed by atoms with E-state index in [4.69, 9.17) is 4.74 Å². The molecule has 0 aromatic carbocycles. The molecule has 0 saturated carbocycles. The quantitative estimate of drug-likeness (QED) is 0.310. The molecular weight excluding hydrogens is 84.1 g/mol. The van der Waals surface area contributed by atoms with Gasteiger partial charge in [0.15, 0.2) is 0 Å². The number of ether oxygens (including phenoxy) is 1. The zero-order chi connectivity index (χ0) is 3.70. The lowest BCUT2D eigenvalue weighted by molar-refractivity contribution is 0.426. The second-order valence-electron chi connectivity index (χ2n) is 1.16. The van der Waals surface area contributed by atoms with Gasteiger partial charge < -0.3 is 4.74 Å². The van der Waals surface area contributed by atoms with Crippen LogP contribution in [0.1, 0.15) is 0 Å². The van der Waals surface area contributed by atoms with Gasteiger partial charge in [-0.1, -0.05) is 0 Å². The lowest BCUT2D eigenvalue weighted by Crippen LogP contribution is -1.85. The van der Waals surface area contributed by atoms with Crippen LogP contribution in [-0.2, 0) is 17.4 Å². The molecule has 0 unspecified atom stereocenters. The summed E-state index contributed by atoms with van der Waals surface area (Å²) in [5, 5.41) is 0. The largest absolute Gasteiger partial charge is 0.368 e. The van der Waals surface area contributed by atoms with Crippen LogP contribution in [0.5, 0.6) is 0 Å². The molecule has 0 aromatic heterocycles. The van der Waals surface area contributed by atoms with Crippen molar-refractivity contribution >= 4 is 12.6 Å². The van der Waals surface area contributed by atoms with Crippen LogP contribution in [0.25, 0.3) is 0 Å². The average molecular weight is 91.2 g/mol. The van der Waals surface area contributed by atoms with Gasteiger partial charge in [0.25, 0.3) is 0 Å². The topological polar surface area (TPSA) is 12.5 Å². The molecule has 0 bridgehead atoms. The summed E-state index contributed by atoms with van der Waals surface area (Å²) >= 11 is 3.29. The van der Waals surface area contributed by atoms with Crippen molar-refractivity contribution in [2.24, 2.45) is 0 Å². The molecule has 0 spiro atoms. The van der Waals surface area contributed by atoms with Crippen LogP contribution in [0, 0.1) is 0 Å². The van der Waals surface area contributed by atoms with Crippen LogP contribution in [0.2, 0.25) is 0 Å². The first-order valence-electron chi connectivity index (χ1n) is 1.69. The molecule has 30 valence electrons. The maximum absolute atomic E-state index is 4.81. The Balaban J connectivity index is 2.00. The van der Waals surface area contributed by atoms with E-state index in [1.165, 1.54) is 0 Å². The predicted octanol–water partition coefficient (Wildman–Crippen LogP) is -0.603. The maximum atomic E-state index is 4.81. The average Bonchev–Trinajstić information content (AvgIpc) is 2.12. The van der Waals surface area contributed by atoms with Crippen molar-refractivity contribution in [3.05, 3.63) is 0 Å². The van der Waals surface area contributed by atoms with Gasteiger partial charge in [0, 0.05) is 0 Å². The first-order chi connectivity index (χ1) is 2.43. The van der Waals surface area contributed by atoms with Gasteiger partial charge >= 0.3 is 0 Å². The normalized spacial score (nSPS) is 34.2. The van der Waals surface area contributed by atoms with E-state index in [-0.39, 0.29) is 0 Å². The molecule has 0 radical (unpaired) electrons. The summed E-state index contributed by atoms with van der Waals surface area (Å²) in [6.07, 6.45) is 0.548. The minimum absolute atomic E-state index is 0.548. The van der Waals surface area contributed by atoms with Crippen LogP contribution < -0.4 is 0 Å². The molecule has 0 amide bonds. The van der Waals surface area contributed by atoms with Gasteiger partial charge in [0.2, 0.25) is 0 Å². The fourth-order valence-corrected chi connectivity index (χ4v) is 0.422. The van der Waals surface area contributed by atoms with E-state index < -0.39 is 0 Å². The van der Waals surface area contributed by atoms with E-state index in [1.807, 2.05) is 0 Å². The Labute approximate surface area is 36.7 Å². The highest BCUT2D eigenvalue weighted by Crippen LogP contribution is 2.05. The predicted molar refractivity (Wildman–Crippen MR) is 24.8 cm³/mol. The fourth-order valence-electron chi connectivity index (χ4n) is 0.186. The standard InChI is InChI=1S/C3H6OS/c5-2-3-1-4-3/h3,5H,1-2H2/p+1/t3-/m0/s1. The summed E-state index contributed by atoms with van der Waals surface area (Å²) in [5.41, 5.74) is 0. The van der Waals surface area contributed by atoms with Crippen molar-refractivity contribution in [3.8, 4) is 0 Å². The zero-order valence-corrected chi connectivity index (χ0v) is 3.90. The third-order valence-electron chi connectivity index (χ3n) is 0.630. The van der Waals surface area contributed by atoms with Crippen molar-refractivity contribution in [2.45, 2.75) is 6.10 Å². The fraction of sp³-hybridized carbons (Fsp3) is 1.00. The van der Waals surface area contributed by atoms with Crippen LogP contribution in [0.15, 0.2) is 0 Å². The van der Waals surface area contributed by atoms with Crippen LogP contribution in [0.3, 0.4) is 0 Å². The maximum Gasteiger partial charge on any atom is 0.131 e. The molecule has 1 heterocycles. The molecule has 0 N–H and O–H groups in total. The lowest BCUT2D eigenvalue weighted by Gasteiger charge is -1.62. The molecule has 1 saturated heterocycles. The Morgan fingerprint density at radius 3 is 2.60 bits per heavy atom. The molecule has 1 nitrogen and oxygen atoms in total. The molecular formula is C3H7OS+. The van der Waals surface area contributed by atoms with Crippen molar-refractivity contribution in [3.63, 3.8) is 0 Å². The zero-order valence-electron chi connectivity index (χ0n) is 2.90. The third-order valence-corrected chi connectivity index (χ3v) is 1.09. The summed E-state index contributed by atoms with van der Waals surface area (Å²) in [6, 6.07) is 0. The van der Waals surface area contributed by atoms with Crippen LogP contribution in [-0.4, -0.2) is 18.5 Å². The highest BCUT2D eigenvalue weighted by Gasteiger charge is 2.22. The summed E-state index contributed by atoms with van der Waals surface area (Å²) in [7, 11) is 0. The highest BCUT2D eigenvalue weighted by molar-refractivity contribution is 7.58. The Morgan fingerprint density at radius 2 is 2.60 bits per heavy atom. The van der Waals surface area contributed by atoms with E-state index in [0.717, 1.165) is 12.4 Å². The number of rotatable bonds is 1. The SMILES string of the molecule is [SH2+]C[C@@H]1CO1. The Kier molecular flexibility index (Phi) is 0.830. The smallest absolute Gasteiger partial charge is 0.131 e. The molecule has 2 heteroatoms. The van der Waals surface area contributed by atoms with Gasteiger partial charge in [-0.05, 0) is 12.6 Å². The molecule has 5 heavy (non-hydrogen) atoms. The lowest BCUT2D eigenvalue weighted by atomic mass is 10.6. The first kappa shape index (κ1) is 3.50. The van der Waals surface area contributed by atoms with Crippen molar-refractivity contribution in [1.82, 2.24) is 0 Å². The Bertz CT molecular complexity index is 33.9. The summed E-state index contributed by atoms with van der Waals surface area (Å²) in [6.45, 7) is 0.962. The second-order valence-corrected chi connectivity index (χ2v) is 1.57. The van der Waals surface area contributed by atoms with Crippen molar-refractivity contribution in [1.29, 1.82) is 0 Å². The van der Waals surface area contributed by atoms with E-state index in [9.17, 15) is 0 Å². The van der Waals surface area contributed by atoms with E-state index >= 15 is 0 Å². The minimum Gasteiger partial charge on any atom is -0.368 e. The number of epoxide rings is 1. The minimum atomic E-state index is 0.548. The molecule has 0 aromatic rings. The van der Waals surface area contributed by atoms with Gasteiger partial charge in [-0.2, -0.15) is 0 Å². The van der Waals surface area contributed by atoms with E-state index in [2.05, 4.69) is 12.6 Å². The molecule has 1 aliphatic rings. The number of hydrogen-bond acceptors (Lipinski definition) is 1. The molecule has 1 fully saturated rings. The molecule has 1 atom stereocenters. The van der Waals surface area contributed by atoms with E-state index in [0.29, 0.717) is 6.10 Å². The van der Waals surface area contributed by atoms with E-state index in [1.54, 1.807) is 0 Å². The molecule has 1 aliphatic heterocycles. The summed E-state index contributed by atoms with van der Waals surface area (Å²) < 4.78 is 4.81. The van der Waals surface area contributed by atoms with Crippen LogP contribution >= 0.6 is 0 Å². The third kappa shape index (κ3) is 0.816. The highest BCUT2D eigenvalue weighted by atomic mass is 32.1. The second kappa shape index (κ2) is 1.19. The van der Waals surface area contributed by atoms with Gasteiger partial charge in [-0.3, -0.25) is 0 Å². The number of hydrogen-bond donors (Lipinski definition) is 0. The van der Waals surface area contributed by atoms with Crippen molar-refractivity contribution < 1.29 is 4.74 Å².